The lowest BCUT2D eigenvalue weighted by molar-refractivity contribution is -0.120. The van der Waals surface area contributed by atoms with Crippen LogP contribution in [0.15, 0.2) is 35.6 Å². The molecular formula is C23H30N6OS. The standard InChI is InChI=1S/C23H30N6OS/c1-3-13-31-23-26-21(28-10-4-5-11-28)19-16-25-29(22(19)27-23)12-9-24-20(30)15-18-8-6-7-17(2)14-18/h6-8,14,16H,3-5,9-13,15H2,1-2H3,(H,24,30). The summed E-state index contributed by atoms with van der Waals surface area (Å²) >= 11 is 1.69. The zero-order valence-electron chi connectivity index (χ0n) is 18.3. The minimum atomic E-state index is 0.0219. The number of aromatic nitrogens is 4. The summed E-state index contributed by atoms with van der Waals surface area (Å²) in [6.45, 7) is 7.36. The van der Waals surface area contributed by atoms with Crippen molar-refractivity contribution in [3.8, 4) is 0 Å². The van der Waals surface area contributed by atoms with E-state index in [1.165, 1.54) is 18.4 Å². The van der Waals surface area contributed by atoms with Crippen molar-refractivity contribution in [1.29, 1.82) is 0 Å². The molecule has 7 nitrogen and oxygen atoms in total. The second-order valence-corrected chi connectivity index (χ2v) is 9.06. The Hall–Kier alpha value is -2.61. The molecule has 3 aromatic rings. The lowest BCUT2D eigenvalue weighted by Crippen LogP contribution is -2.29. The zero-order chi connectivity index (χ0) is 21.6. The van der Waals surface area contributed by atoms with E-state index in [9.17, 15) is 4.79 Å². The maximum Gasteiger partial charge on any atom is 0.224 e. The van der Waals surface area contributed by atoms with E-state index in [-0.39, 0.29) is 5.91 Å². The van der Waals surface area contributed by atoms with Crippen molar-refractivity contribution in [3.05, 3.63) is 41.6 Å². The highest BCUT2D eigenvalue weighted by atomic mass is 32.2. The highest BCUT2D eigenvalue weighted by molar-refractivity contribution is 7.99. The van der Waals surface area contributed by atoms with Crippen LogP contribution in [0.25, 0.3) is 11.0 Å². The minimum absolute atomic E-state index is 0.0219. The van der Waals surface area contributed by atoms with Gasteiger partial charge in [0.25, 0.3) is 0 Å². The van der Waals surface area contributed by atoms with Gasteiger partial charge in [-0.25, -0.2) is 14.6 Å². The number of aryl methyl sites for hydroxylation is 1. The number of benzene rings is 1. The van der Waals surface area contributed by atoms with E-state index in [0.29, 0.717) is 19.5 Å². The highest BCUT2D eigenvalue weighted by Gasteiger charge is 2.20. The topological polar surface area (TPSA) is 75.9 Å². The Balaban J connectivity index is 1.45. The Morgan fingerprint density at radius 2 is 2.06 bits per heavy atom. The van der Waals surface area contributed by atoms with Gasteiger partial charge in [0.2, 0.25) is 5.91 Å². The molecule has 0 spiro atoms. The SMILES string of the molecule is CCCSc1nc(N2CCCC2)c2cnn(CCNC(=O)Cc3cccc(C)c3)c2n1. The molecule has 1 saturated heterocycles. The van der Waals surface area contributed by atoms with Crippen LogP contribution in [-0.4, -0.2) is 51.0 Å². The van der Waals surface area contributed by atoms with Crippen LogP contribution in [0, 0.1) is 6.92 Å². The van der Waals surface area contributed by atoms with Gasteiger partial charge in [0.1, 0.15) is 5.82 Å². The summed E-state index contributed by atoms with van der Waals surface area (Å²) in [5.41, 5.74) is 3.05. The van der Waals surface area contributed by atoms with Crippen molar-refractivity contribution in [2.45, 2.75) is 51.2 Å². The molecule has 1 N–H and O–H groups in total. The van der Waals surface area contributed by atoms with E-state index in [1.54, 1.807) is 11.8 Å². The van der Waals surface area contributed by atoms with E-state index in [0.717, 1.165) is 52.8 Å². The number of nitrogens with zero attached hydrogens (tertiary/aromatic N) is 5. The van der Waals surface area contributed by atoms with Gasteiger partial charge in [0.05, 0.1) is 24.5 Å². The number of hydrogen-bond donors (Lipinski definition) is 1. The molecule has 0 radical (unpaired) electrons. The molecule has 1 amide bonds. The van der Waals surface area contributed by atoms with E-state index >= 15 is 0 Å². The minimum Gasteiger partial charge on any atom is -0.356 e. The van der Waals surface area contributed by atoms with Gasteiger partial charge in [-0.15, -0.1) is 0 Å². The van der Waals surface area contributed by atoms with Gasteiger partial charge in [0, 0.05) is 25.4 Å². The number of rotatable bonds is 9. The van der Waals surface area contributed by atoms with Gasteiger partial charge in [0.15, 0.2) is 10.8 Å². The molecule has 8 heteroatoms. The van der Waals surface area contributed by atoms with Gasteiger partial charge in [-0.05, 0) is 31.7 Å². The van der Waals surface area contributed by atoms with Crippen LogP contribution in [0.2, 0.25) is 0 Å². The number of amides is 1. The van der Waals surface area contributed by atoms with E-state index in [1.807, 2.05) is 42.1 Å². The van der Waals surface area contributed by atoms with Crippen LogP contribution in [0.4, 0.5) is 5.82 Å². The molecular weight excluding hydrogens is 408 g/mol. The Morgan fingerprint density at radius 3 is 2.84 bits per heavy atom. The smallest absolute Gasteiger partial charge is 0.224 e. The molecule has 31 heavy (non-hydrogen) atoms. The molecule has 3 heterocycles. The first-order valence-corrected chi connectivity index (χ1v) is 12.1. The third kappa shape index (κ3) is 5.36. The molecule has 0 atom stereocenters. The van der Waals surface area contributed by atoms with Crippen molar-refractivity contribution in [2.75, 3.05) is 30.3 Å². The fourth-order valence-electron chi connectivity index (χ4n) is 3.88. The fourth-order valence-corrected chi connectivity index (χ4v) is 4.57. The predicted molar refractivity (Wildman–Crippen MR) is 126 cm³/mol. The highest BCUT2D eigenvalue weighted by Crippen LogP contribution is 2.29. The normalized spacial score (nSPS) is 13.8. The maximum absolute atomic E-state index is 12.3. The quantitative estimate of drug-likeness (QED) is 0.406. The van der Waals surface area contributed by atoms with Gasteiger partial charge in [-0.1, -0.05) is 48.5 Å². The number of thioether (sulfide) groups is 1. The number of carbonyl (C=O) groups excluding carboxylic acids is 1. The van der Waals surface area contributed by atoms with Crippen LogP contribution in [0.3, 0.4) is 0 Å². The Morgan fingerprint density at radius 1 is 1.23 bits per heavy atom. The van der Waals surface area contributed by atoms with Gasteiger partial charge in [-0.2, -0.15) is 5.10 Å². The molecule has 164 valence electrons. The van der Waals surface area contributed by atoms with Gasteiger partial charge < -0.3 is 10.2 Å². The summed E-state index contributed by atoms with van der Waals surface area (Å²) < 4.78 is 1.89. The third-order valence-electron chi connectivity index (χ3n) is 5.39. The number of fused-ring (bicyclic) bond motifs is 1. The molecule has 1 aliphatic heterocycles. The van der Waals surface area contributed by atoms with Crippen molar-refractivity contribution < 1.29 is 4.79 Å². The number of anilines is 1. The van der Waals surface area contributed by atoms with E-state index < -0.39 is 0 Å². The van der Waals surface area contributed by atoms with Crippen LogP contribution in [0.5, 0.6) is 0 Å². The largest absolute Gasteiger partial charge is 0.356 e. The molecule has 2 aromatic heterocycles. The number of nitrogens with one attached hydrogen (secondary N) is 1. The van der Waals surface area contributed by atoms with Crippen LogP contribution < -0.4 is 10.2 Å². The van der Waals surface area contributed by atoms with Crippen molar-refractivity contribution in [1.82, 2.24) is 25.1 Å². The zero-order valence-corrected chi connectivity index (χ0v) is 19.1. The second kappa shape index (κ2) is 10.1. The lowest BCUT2D eigenvalue weighted by atomic mass is 10.1. The lowest BCUT2D eigenvalue weighted by Gasteiger charge is -2.18. The van der Waals surface area contributed by atoms with Crippen molar-refractivity contribution in [3.63, 3.8) is 0 Å². The predicted octanol–water partition coefficient (Wildman–Crippen LogP) is 3.60. The molecule has 4 rings (SSSR count). The maximum atomic E-state index is 12.3. The third-order valence-corrected chi connectivity index (χ3v) is 6.44. The van der Waals surface area contributed by atoms with Crippen molar-refractivity contribution >= 4 is 34.5 Å². The summed E-state index contributed by atoms with van der Waals surface area (Å²) in [4.78, 5) is 24.3. The second-order valence-electron chi connectivity index (χ2n) is 7.99. The number of hydrogen-bond acceptors (Lipinski definition) is 6. The molecule has 0 aliphatic carbocycles. The molecule has 1 aromatic carbocycles. The summed E-state index contributed by atoms with van der Waals surface area (Å²) in [5, 5.41) is 9.38. The Kier molecular flexibility index (Phi) is 7.06. The van der Waals surface area contributed by atoms with Crippen LogP contribution in [-0.2, 0) is 17.8 Å². The molecule has 0 saturated carbocycles. The van der Waals surface area contributed by atoms with Crippen molar-refractivity contribution in [2.24, 2.45) is 0 Å². The molecule has 0 unspecified atom stereocenters. The summed E-state index contributed by atoms with van der Waals surface area (Å²) in [5.74, 6) is 2.01. The first-order chi connectivity index (χ1) is 15.1. The first kappa shape index (κ1) is 21.6. The molecule has 1 aliphatic rings. The number of carbonyl (C=O) groups is 1. The molecule has 0 bridgehead atoms. The summed E-state index contributed by atoms with van der Waals surface area (Å²) in [7, 11) is 0. The van der Waals surface area contributed by atoms with Gasteiger partial charge >= 0.3 is 0 Å². The van der Waals surface area contributed by atoms with Crippen LogP contribution >= 0.6 is 11.8 Å². The Labute approximate surface area is 187 Å². The van der Waals surface area contributed by atoms with E-state index in [2.05, 4.69) is 22.2 Å². The monoisotopic (exact) mass is 438 g/mol. The van der Waals surface area contributed by atoms with E-state index in [4.69, 9.17) is 9.97 Å². The Bertz CT molecular complexity index is 1040. The average Bonchev–Trinajstić information content (AvgIpc) is 3.42. The summed E-state index contributed by atoms with van der Waals surface area (Å²) in [6, 6.07) is 8.06. The summed E-state index contributed by atoms with van der Waals surface area (Å²) in [6.07, 6.45) is 5.73. The average molecular weight is 439 g/mol. The van der Waals surface area contributed by atoms with Crippen LogP contribution in [0.1, 0.15) is 37.3 Å². The first-order valence-electron chi connectivity index (χ1n) is 11.1. The van der Waals surface area contributed by atoms with Gasteiger partial charge in [-0.3, -0.25) is 4.79 Å². The molecule has 1 fully saturated rings. The fraction of sp³-hybridized carbons (Fsp3) is 0.478.